The molecule has 0 N–H and O–H groups in total. The quantitative estimate of drug-likeness (QED) is 0.609. The SMILES string of the molecule is O=[N+]([O-])c1cc(S(=O)c2ccc(Br)cc2)ccc1Cl. The van der Waals surface area contributed by atoms with Crippen molar-refractivity contribution in [2.24, 2.45) is 0 Å². The van der Waals surface area contributed by atoms with Crippen LogP contribution in [0.4, 0.5) is 5.69 Å². The lowest BCUT2D eigenvalue weighted by Crippen LogP contribution is -1.95. The first-order valence-electron chi connectivity index (χ1n) is 5.10. The Morgan fingerprint density at radius 1 is 1.11 bits per heavy atom. The summed E-state index contributed by atoms with van der Waals surface area (Å²) in [6, 6.07) is 11.1. The summed E-state index contributed by atoms with van der Waals surface area (Å²) in [6.07, 6.45) is 0. The molecule has 7 heteroatoms. The molecule has 0 aliphatic rings. The van der Waals surface area contributed by atoms with Crippen LogP contribution in [0.25, 0.3) is 0 Å². The number of halogens is 2. The van der Waals surface area contributed by atoms with Gasteiger partial charge in [-0.25, -0.2) is 4.21 Å². The molecule has 0 amide bonds. The summed E-state index contributed by atoms with van der Waals surface area (Å²) in [5.74, 6) is 0. The van der Waals surface area contributed by atoms with Gasteiger partial charge < -0.3 is 0 Å². The summed E-state index contributed by atoms with van der Waals surface area (Å²) < 4.78 is 13.1. The van der Waals surface area contributed by atoms with Crippen LogP contribution in [0, 0.1) is 10.1 Å². The third-order valence-corrected chi connectivity index (χ3v) is 4.59. The molecule has 19 heavy (non-hydrogen) atoms. The Bertz CT molecular complexity index is 661. The van der Waals surface area contributed by atoms with Crippen LogP contribution in [0.3, 0.4) is 0 Å². The van der Waals surface area contributed by atoms with Gasteiger partial charge in [0.25, 0.3) is 5.69 Å². The Hall–Kier alpha value is -1.24. The number of nitro groups is 1. The Morgan fingerprint density at radius 3 is 2.26 bits per heavy atom. The van der Waals surface area contributed by atoms with Gasteiger partial charge in [-0.1, -0.05) is 27.5 Å². The van der Waals surface area contributed by atoms with Crippen molar-refractivity contribution in [3.05, 3.63) is 62.1 Å². The number of benzene rings is 2. The average molecular weight is 361 g/mol. The number of nitrogens with zero attached hydrogens (tertiary/aromatic N) is 1. The van der Waals surface area contributed by atoms with E-state index in [2.05, 4.69) is 15.9 Å². The topological polar surface area (TPSA) is 60.2 Å². The van der Waals surface area contributed by atoms with Crippen LogP contribution in [0.15, 0.2) is 56.7 Å². The van der Waals surface area contributed by atoms with Gasteiger partial charge in [-0.05, 0) is 36.4 Å². The molecule has 1 unspecified atom stereocenters. The molecule has 98 valence electrons. The zero-order valence-electron chi connectivity index (χ0n) is 9.38. The highest BCUT2D eigenvalue weighted by Crippen LogP contribution is 2.28. The molecule has 0 heterocycles. The van der Waals surface area contributed by atoms with Crippen LogP contribution >= 0.6 is 27.5 Å². The van der Waals surface area contributed by atoms with E-state index in [1.807, 2.05) is 0 Å². The normalized spacial score (nSPS) is 12.1. The molecular formula is C12H7BrClNO3S. The molecule has 0 aliphatic carbocycles. The predicted molar refractivity (Wildman–Crippen MR) is 76.9 cm³/mol. The maximum Gasteiger partial charge on any atom is 0.289 e. The minimum atomic E-state index is -1.47. The molecule has 0 saturated heterocycles. The Balaban J connectivity index is 2.42. The highest BCUT2D eigenvalue weighted by molar-refractivity contribution is 9.10. The van der Waals surface area contributed by atoms with Crippen LogP contribution < -0.4 is 0 Å². The van der Waals surface area contributed by atoms with Crippen LogP contribution in [0.5, 0.6) is 0 Å². The number of nitro benzene ring substituents is 1. The zero-order chi connectivity index (χ0) is 14.0. The van der Waals surface area contributed by atoms with E-state index in [4.69, 9.17) is 11.6 Å². The first kappa shape index (κ1) is 14.2. The fourth-order valence-electron chi connectivity index (χ4n) is 1.44. The van der Waals surface area contributed by atoms with Crippen molar-refractivity contribution >= 4 is 44.0 Å². The Labute approximate surface area is 125 Å². The molecule has 0 saturated carbocycles. The van der Waals surface area contributed by atoms with Gasteiger partial charge in [0, 0.05) is 15.4 Å². The monoisotopic (exact) mass is 359 g/mol. The van der Waals surface area contributed by atoms with E-state index in [1.54, 1.807) is 24.3 Å². The first-order chi connectivity index (χ1) is 8.99. The largest absolute Gasteiger partial charge is 0.289 e. The first-order valence-corrected chi connectivity index (χ1v) is 7.42. The van der Waals surface area contributed by atoms with E-state index >= 15 is 0 Å². The van der Waals surface area contributed by atoms with E-state index < -0.39 is 15.7 Å². The summed E-state index contributed by atoms with van der Waals surface area (Å²) in [5.41, 5.74) is -0.246. The van der Waals surface area contributed by atoms with Gasteiger partial charge in [0.15, 0.2) is 0 Å². The van der Waals surface area contributed by atoms with Crippen molar-refractivity contribution in [3.63, 3.8) is 0 Å². The Morgan fingerprint density at radius 2 is 1.68 bits per heavy atom. The van der Waals surface area contributed by atoms with Crippen molar-refractivity contribution in [1.82, 2.24) is 0 Å². The number of rotatable bonds is 3. The Kier molecular flexibility index (Phi) is 4.34. The minimum absolute atomic E-state index is 0.0292. The van der Waals surface area contributed by atoms with Gasteiger partial charge in [-0.15, -0.1) is 0 Å². The average Bonchev–Trinajstić information content (AvgIpc) is 2.39. The van der Waals surface area contributed by atoms with E-state index in [9.17, 15) is 14.3 Å². The van der Waals surface area contributed by atoms with Crippen molar-refractivity contribution in [1.29, 1.82) is 0 Å². The van der Waals surface area contributed by atoms with E-state index in [-0.39, 0.29) is 10.7 Å². The fraction of sp³-hybridized carbons (Fsp3) is 0. The van der Waals surface area contributed by atoms with Crippen molar-refractivity contribution < 1.29 is 9.13 Å². The molecule has 4 nitrogen and oxygen atoms in total. The maximum absolute atomic E-state index is 12.3. The molecule has 0 radical (unpaired) electrons. The third-order valence-electron chi connectivity index (χ3n) is 2.36. The molecule has 2 rings (SSSR count). The smallest absolute Gasteiger partial charge is 0.258 e. The summed E-state index contributed by atoms with van der Waals surface area (Å²) in [5, 5.41) is 10.8. The summed E-state index contributed by atoms with van der Waals surface area (Å²) >= 11 is 9.00. The molecule has 2 aromatic rings. The second kappa shape index (κ2) is 5.81. The fourth-order valence-corrected chi connectivity index (χ4v) is 2.96. The minimum Gasteiger partial charge on any atom is -0.258 e. The third kappa shape index (κ3) is 3.20. The van der Waals surface area contributed by atoms with E-state index in [1.165, 1.54) is 18.2 Å². The van der Waals surface area contributed by atoms with Crippen molar-refractivity contribution in [3.8, 4) is 0 Å². The van der Waals surface area contributed by atoms with Crippen molar-refractivity contribution in [2.45, 2.75) is 9.79 Å². The standard InChI is InChI=1S/C12H7BrClNO3S/c13-8-1-3-9(4-2-8)19(18)10-5-6-11(14)12(7-10)15(16)17/h1-7H. The summed E-state index contributed by atoms with van der Waals surface area (Å²) in [6.45, 7) is 0. The van der Waals surface area contributed by atoms with Gasteiger partial charge in [0.05, 0.1) is 20.6 Å². The van der Waals surface area contributed by atoms with Crippen LogP contribution in [-0.4, -0.2) is 9.13 Å². The highest BCUT2D eigenvalue weighted by atomic mass is 79.9. The second-order valence-electron chi connectivity index (χ2n) is 3.59. The predicted octanol–water partition coefficient (Wildman–Crippen LogP) is 4.18. The molecule has 0 fully saturated rings. The molecule has 2 aromatic carbocycles. The number of hydrogen-bond acceptors (Lipinski definition) is 3. The molecule has 0 bridgehead atoms. The lowest BCUT2D eigenvalue weighted by atomic mass is 10.3. The summed E-state index contributed by atoms with van der Waals surface area (Å²) in [4.78, 5) is 11.1. The van der Waals surface area contributed by atoms with Gasteiger partial charge in [0.1, 0.15) is 5.02 Å². The number of hydrogen-bond donors (Lipinski definition) is 0. The van der Waals surface area contributed by atoms with Gasteiger partial charge in [-0.2, -0.15) is 0 Å². The molecular weight excluding hydrogens is 354 g/mol. The van der Waals surface area contributed by atoms with Crippen molar-refractivity contribution in [2.75, 3.05) is 0 Å². The van der Waals surface area contributed by atoms with E-state index in [0.29, 0.717) is 9.79 Å². The van der Waals surface area contributed by atoms with E-state index in [0.717, 1.165) is 4.47 Å². The lowest BCUT2D eigenvalue weighted by molar-refractivity contribution is -0.384. The van der Waals surface area contributed by atoms with Crippen LogP contribution in [-0.2, 0) is 10.8 Å². The maximum atomic E-state index is 12.3. The second-order valence-corrected chi connectivity index (χ2v) is 6.40. The van der Waals surface area contributed by atoms with Gasteiger partial charge in [0.2, 0.25) is 0 Å². The summed E-state index contributed by atoms with van der Waals surface area (Å²) in [7, 11) is -1.47. The lowest BCUT2D eigenvalue weighted by Gasteiger charge is -2.03. The molecule has 0 aliphatic heterocycles. The molecule has 1 atom stereocenters. The highest BCUT2D eigenvalue weighted by Gasteiger charge is 2.16. The molecule has 0 spiro atoms. The van der Waals surface area contributed by atoms with Crippen LogP contribution in [0.2, 0.25) is 5.02 Å². The zero-order valence-corrected chi connectivity index (χ0v) is 12.5. The van der Waals surface area contributed by atoms with Gasteiger partial charge >= 0.3 is 0 Å². The van der Waals surface area contributed by atoms with Gasteiger partial charge in [-0.3, -0.25) is 10.1 Å². The van der Waals surface area contributed by atoms with Crippen LogP contribution in [0.1, 0.15) is 0 Å². The molecule has 0 aromatic heterocycles.